The second-order valence-corrected chi connectivity index (χ2v) is 4.57. The van der Waals surface area contributed by atoms with Crippen LogP contribution in [0, 0.1) is 0 Å². The Morgan fingerprint density at radius 2 is 2.33 bits per heavy atom. The third-order valence-corrected chi connectivity index (χ3v) is 3.44. The van der Waals surface area contributed by atoms with Gasteiger partial charge in [0.15, 0.2) is 0 Å². The van der Waals surface area contributed by atoms with Gasteiger partial charge in [0, 0.05) is 39.8 Å². The van der Waals surface area contributed by atoms with Gasteiger partial charge in [-0.05, 0) is 19.5 Å². The number of nitrogens with one attached hydrogen (secondary N) is 1. The molecule has 0 amide bonds. The van der Waals surface area contributed by atoms with Crippen LogP contribution in [-0.4, -0.2) is 63.5 Å². The van der Waals surface area contributed by atoms with Crippen molar-refractivity contribution in [2.75, 3.05) is 53.0 Å². The molecule has 0 aromatic carbocycles. The van der Waals surface area contributed by atoms with Crippen LogP contribution < -0.4 is 5.32 Å². The second kappa shape index (κ2) is 5.25. The lowest BCUT2D eigenvalue weighted by Crippen LogP contribution is -2.46. The van der Waals surface area contributed by atoms with Crippen LogP contribution in [0.1, 0.15) is 12.8 Å². The predicted octanol–water partition coefficient (Wildman–Crippen LogP) is 0.0872. The summed E-state index contributed by atoms with van der Waals surface area (Å²) in [6.45, 7) is 7.18. The number of hydrogen-bond acceptors (Lipinski definition) is 4. The first kappa shape index (κ1) is 11.3. The molecule has 0 bridgehead atoms. The predicted molar refractivity (Wildman–Crippen MR) is 59.1 cm³/mol. The monoisotopic (exact) mass is 214 g/mol. The van der Waals surface area contributed by atoms with Crippen LogP contribution in [0.2, 0.25) is 0 Å². The number of nitrogens with zero attached hydrogens (tertiary/aromatic N) is 1. The van der Waals surface area contributed by atoms with Crippen molar-refractivity contribution >= 4 is 0 Å². The van der Waals surface area contributed by atoms with E-state index in [9.17, 15) is 0 Å². The molecule has 1 atom stereocenters. The summed E-state index contributed by atoms with van der Waals surface area (Å²) in [5.74, 6) is 0. The lowest BCUT2D eigenvalue weighted by Gasteiger charge is -2.32. The van der Waals surface area contributed by atoms with E-state index in [0.29, 0.717) is 0 Å². The van der Waals surface area contributed by atoms with Gasteiger partial charge < -0.3 is 14.8 Å². The summed E-state index contributed by atoms with van der Waals surface area (Å²) in [6, 6.07) is 0. The molecule has 88 valence electrons. The van der Waals surface area contributed by atoms with Crippen molar-refractivity contribution in [2.45, 2.75) is 18.4 Å². The van der Waals surface area contributed by atoms with Gasteiger partial charge in [0.2, 0.25) is 0 Å². The largest absolute Gasteiger partial charge is 0.378 e. The first-order valence-electron chi connectivity index (χ1n) is 5.91. The Kier molecular flexibility index (Phi) is 3.97. The number of methoxy groups -OCH3 is 1. The van der Waals surface area contributed by atoms with Crippen LogP contribution in [-0.2, 0) is 9.47 Å². The van der Waals surface area contributed by atoms with Gasteiger partial charge in [-0.15, -0.1) is 0 Å². The third kappa shape index (κ3) is 2.91. The van der Waals surface area contributed by atoms with Gasteiger partial charge in [0.25, 0.3) is 0 Å². The first-order valence-corrected chi connectivity index (χ1v) is 5.91. The highest BCUT2D eigenvalue weighted by atomic mass is 16.5. The van der Waals surface area contributed by atoms with Crippen molar-refractivity contribution < 1.29 is 9.47 Å². The van der Waals surface area contributed by atoms with Crippen LogP contribution >= 0.6 is 0 Å². The highest BCUT2D eigenvalue weighted by molar-refractivity contribution is 4.88. The second-order valence-electron chi connectivity index (χ2n) is 4.57. The van der Waals surface area contributed by atoms with Crippen molar-refractivity contribution in [1.29, 1.82) is 0 Å². The van der Waals surface area contributed by atoms with E-state index in [1.165, 1.54) is 13.0 Å². The lowest BCUT2D eigenvalue weighted by molar-refractivity contribution is -0.0397. The fourth-order valence-corrected chi connectivity index (χ4v) is 2.41. The van der Waals surface area contributed by atoms with Gasteiger partial charge >= 0.3 is 0 Å². The minimum atomic E-state index is -0.0374. The molecule has 15 heavy (non-hydrogen) atoms. The van der Waals surface area contributed by atoms with E-state index >= 15 is 0 Å². The maximum absolute atomic E-state index is 5.66. The Labute approximate surface area is 91.9 Å². The minimum Gasteiger partial charge on any atom is -0.378 e. The molecule has 2 heterocycles. The zero-order valence-corrected chi connectivity index (χ0v) is 9.63. The smallest absolute Gasteiger partial charge is 0.106 e. The van der Waals surface area contributed by atoms with Crippen LogP contribution in [0.4, 0.5) is 0 Å². The van der Waals surface area contributed by atoms with E-state index in [0.717, 1.165) is 45.8 Å². The van der Waals surface area contributed by atoms with Crippen LogP contribution in [0.3, 0.4) is 0 Å². The third-order valence-electron chi connectivity index (χ3n) is 3.44. The lowest BCUT2D eigenvalue weighted by atomic mass is 10.0. The normalized spacial score (nSPS) is 34.2. The first-order chi connectivity index (χ1) is 7.35. The molecule has 0 aliphatic carbocycles. The summed E-state index contributed by atoms with van der Waals surface area (Å²) in [5.41, 5.74) is -0.0374. The van der Waals surface area contributed by atoms with Gasteiger partial charge in [-0.2, -0.15) is 0 Å². The van der Waals surface area contributed by atoms with Gasteiger partial charge in [-0.1, -0.05) is 0 Å². The molecule has 0 radical (unpaired) electrons. The molecule has 2 saturated heterocycles. The number of ether oxygens (including phenoxy) is 2. The molecule has 4 nitrogen and oxygen atoms in total. The molecule has 2 aliphatic rings. The molecule has 0 saturated carbocycles. The summed E-state index contributed by atoms with van der Waals surface area (Å²) in [4.78, 5) is 2.50. The average Bonchev–Trinajstić information content (AvgIpc) is 2.57. The maximum atomic E-state index is 5.66. The highest BCUT2D eigenvalue weighted by Crippen LogP contribution is 2.23. The fraction of sp³-hybridized carbons (Fsp3) is 1.00. The molecule has 2 rings (SSSR count). The van der Waals surface area contributed by atoms with Gasteiger partial charge in [-0.3, -0.25) is 4.90 Å². The van der Waals surface area contributed by atoms with E-state index in [4.69, 9.17) is 9.47 Å². The van der Waals surface area contributed by atoms with Crippen molar-refractivity contribution in [1.82, 2.24) is 10.2 Å². The molecule has 2 aliphatic heterocycles. The Balaban J connectivity index is 1.87. The standard InChI is InChI=1S/C11H22N2O2/c1-14-11(3-8-15-10-11)9-13-6-2-4-12-5-7-13/h12H,2-10H2,1H3. The van der Waals surface area contributed by atoms with Crippen LogP contribution in [0.5, 0.6) is 0 Å². The summed E-state index contributed by atoms with van der Waals surface area (Å²) >= 11 is 0. The Bertz CT molecular complexity index is 185. The zero-order valence-electron chi connectivity index (χ0n) is 9.63. The highest BCUT2D eigenvalue weighted by Gasteiger charge is 2.36. The van der Waals surface area contributed by atoms with Crippen molar-refractivity contribution in [3.63, 3.8) is 0 Å². The van der Waals surface area contributed by atoms with E-state index in [2.05, 4.69) is 10.2 Å². The summed E-state index contributed by atoms with van der Waals surface area (Å²) in [6.07, 6.45) is 2.27. The molecular weight excluding hydrogens is 192 g/mol. The molecular formula is C11H22N2O2. The quantitative estimate of drug-likeness (QED) is 0.722. The van der Waals surface area contributed by atoms with Gasteiger partial charge in [0.1, 0.15) is 5.60 Å². The van der Waals surface area contributed by atoms with Crippen LogP contribution in [0.25, 0.3) is 0 Å². The molecule has 4 heteroatoms. The van der Waals surface area contributed by atoms with Crippen molar-refractivity contribution in [2.24, 2.45) is 0 Å². The molecule has 1 N–H and O–H groups in total. The molecule has 2 fully saturated rings. The Hall–Kier alpha value is -0.160. The van der Waals surface area contributed by atoms with E-state index in [1.807, 2.05) is 7.11 Å². The average molecular weight is 214 g/mol. The molecule has 0 aromatic heterocycles. The van der Waals surface area contributed by atoms with E-state index < -0.39 is 0 Å². The van der Waals surface area contributed by atoms with Crippen molar-refractivity contribution in [3.8, 4) is 0 Å². The van der Waals surface area contributed by atoms with Gasteiger partial charge in [-0.25, -0.2) is 0 Å². The minimum absolute atomic E-state index is 0.0374. The van der Waals surface area contributed by atoms with Gasteiger partial charge in [0.05, 0.1) is 6.61 Å². The zero-order chi connectivity index (χ0) is 10.6. The van der Waals surface area contributed by atoms with E-state index in [-0.39, 0.29) is 5.60 Å². The maximum Gasteiger partial charge on any atom is 0.106 e. The summed E-state index contributed by atoms with van der Waals surface area (Å²) < 4.78 is 11.1. The molecule has 1 unspecified atom stereocenters. The Morgan fingerprint density at radius 1 is 1.40 bits per heavy atom. The van der Waals surface area contributed by atoms with Crippen molar-refractivity contribution in [3.05, 3.63) is 0 Å². The number of hydrogen-bond donors (Lipinski definition) is 1. The topological polar surface area (TPSA) is 33.7 Å². The Morgan fingerprint density at radius 3 is 3.07 bits per heavy atom. The SMILES string of the molecule is COC1(CN2CCCNCC2)CCOC1. The number of rotatable bonds is 3. The van der Waals surface area contributed by atoms with E-state index in [1.54, 1.807) is 0 Å². The summed E-state index contributed by atoms with van der Waals surface area (Å²) in [7, 11) is 1.81. The van der Waals surface area contributed by atoms with Crippen LogP contribution in [0.15, 0.2) is 0 Å². The fourth-order valence-electron chi connectivity index (χ4n) is 2.41. The summed E-state index contributed by atoms with van der Waals surface area (Å²) in [5, 5.41) is 3.42. The molecule has 0 aromatic rings. The molecule has 0 spiro atoms.